The predicted octanol–water partition coefficient (Wildman–Crippen LogP) is 3.06. The fourth-order valence-corrected chi connectivity index (χ4v) is 5.40. The molecular weight excluding hydrogens is 503 g/mol. The Morgan fingerprint density at radius 3 is 2.54 bits per heavy atom. The standard InChI is InChI=1S/C25H29FN4O6S/c1-13-21-16(9-17(22(13)33-3)30-37(4,5)31)27-12-28-25(21)29-15-7-6-14(26)8-18(15)36-20-11-35-23-19(32-2)10-34-24(20)23/h6-9,12,19-20,23-24H,4,10-11H2,1-3,5H3,(H,30,31)(H,27,28,29). The molecule has 2 aliphatic rings. The highest BCUT2D eigenvalue weighted by Crippen LogP contribution is 2.40. The minimum absolute atomic E-state index is 0.169. The second-order valence-electron chi connectivity index (χ2n) is 9.10. The number of halogens is 1. The number of aryl methyl sites for hydroxylation is 1. The molecule has 5 atom stereocenters. The maximum atomic E-state index is 14.3. The number of fused-ring (bicyclic) bond motifs is 2. The average molecular weight is 533 g/mol. The largest absolute Gasteiger partial charge is 0.494 e. The Morgan fingerprint density at radius 1 is 1.11 bits per heavy atom. The molecule has 0 spiro atoms. The summed E-state index contributed by atoms with van der Waals surface area (Å²) < 4.78 is 58.4. The maximum Gasteiger partial charge on any atom is 0.151 e. The topological polar surface area (TPSA) is 113 Å². The van der Waals surface area contributed by atoms with Gasteiger partial charge in [0.15, 0.2) is 6.10 Å². The monoisotopic (exact) mass is 532 g/mol. The third-order valence-electron chi connectivity index (χ3n) is 6.39. The second kappa shape index (κ2) is 9.93. The predicted molar refractivity (Wildman–Crippen MR) is 140 cm³/mol. The van der Waals surface area contributed by atoms with Gasteiger partial charge >= 0.3 is 0 Å². The number of nitrogens with one attached hydrogen (secondary N) is 2. The molecule has 2 fully saturated rings. The van der Waals surface area contributed by atoms with Crippen LogP contribution in [0.1, 0.15) is 5.56 Å². The Balaban J connectivity index is 1.49. The van der Waals surface area contributed by atoms with Gasteiger partial charge in [-0.05, 0) is 31.0 Å². The number of hydrogen-bond acceptors (Lipinski definition) is 9. The smallest absolute Gasteiger partial charge is 0.151 e. The van der Waals surface area contributed by atoms with Gasteiger partial charge in [-0.3, -0.25) is 0 Å². The molecule has 0 radical (unpaired) electrons. The van der Waals surface area contributed by atoms with Crippen molar-refractivity contribution >= 4 is 43.7 Å². The van der Waals surface area contributed by atoms with Crippen molar-refractivity contribution in [2.75, 3.05) is 43.7 Å². The second-order valence-corrected chi connectivity index (χ2v) is 11.3. The molecule has 5 unspecified atom stereocenters. The fourth-order valence-electron chi connectivity index (χ4n) is 4.78. The molecule has 0 bridgehead atoms. The van der Waals surface area contributed by atoms with Crippen molar-refractivity contribution in [2.24, 2.45) is 0 Å². The number of nitrogens with zero attached hydrogens (tertiary/aromatic N) is 2. The van der Waals surface area contributed by atoms with E-state index in [1.54, 1.807) is 19.2 Å². The third kappa shape index (κ3) is 5.01. The van der Waals surface area contributed by atoms with E-state index in [9.17, 15) is 8.60 Å². The van der Waals surface area contributed by atoms with Crippen LogP contribution in [0.3, 0.4) is 0 Å². The zero-order valence-electron chi connectivity index (χ0n) is 20.9. The SMILES string of the molecule is C=S(C)(=O)Nc1cc2ncnc(Nc3ccc(F)cc3OC3COC4C(OC)COC34)c2c(C)c1OC. The lowest BCUT2D eigenvalue weighted by molar-refractivity contribution is -0.0138. The van der Waals surface area contributed by atoms with E-state index in [4.69, 9.17) is 23.7 Å². The minimum Gasteiger partial charge on any atom is -0.494 e. The summed E-state index contributed by atoms with van der Waals surface area (Å²) in [6, 6.07) is 5.95. The Morgan fingerprint density at radius 2 is 1.84 bits per heavy atom. The molecular formula is C25H29FN4O6S. The Hall–Kier alpha value is -3.19. The highest BCUT2D eigenvalue weighted by atomic mass is 32.2. The van der Waals surface area contributed by atoms with E-state index < -0.39 is 21.6 Å². The molecule has 2 aromatic carbocycles. The molecule has 37 heavy (non-hydrogen) atoms. The van der Waals surface area contributed by atoms with Crippen LogP contribution < -0.4 is 19.5 Å². The van der Waals surface area contributed by atoms with Crippen LogP contribution in [0.2, 0.25) is 0 Å². The van der Waals surface area contributed by atoms with Gasteiger partial charge in [0, 0.05) is 40.1 Å². The molecule has 1 aromatic heterocycles. The van der Waals surface area contributed by atoms with Crippen molar-refractivity contribution < 1.29 is 32.3 Å². The van der Waals surface area contributed by atoms with E-state index in [0.717, 1.165) is 5.56 Å². The van der Waals surface area contributed by atoms with Crippen LogP contribution in [-0.4, -0.2) is 78.2 Å². The summed E-state index contributed by atoms with van der Waals surface area (Å²) in [6.45, 7) is 2.55. The number of benzene rings is 2. The summed E-state index contributed by atoms with van der Waals surface area (Å²) >= 11 is 0. The number of ether oxygens (including phenoxy) is 5. The number of methoxy groups -OCH3 is 2. The molecule has 0 aliphatic carbocycles. The van der Waals surface area contributed by atoms with Crippen molar-refractivity contribution in [1.82, 2.24) is 9.97 Å². The number of hydrogen-bond donors (Lipinski definition) is 2. The summed E-state index contributed by atoms with van der Waals surface area (Å²) in [4.78, 5) is 8.82. The molecule has 3 heterocycles. The van der Waals surface area contributed by atoms with E-state index in [1.807, 2.05) is 6.92 Å². The van der Waals surface area contributed by atoms with Crippen LogP contribution in [0.25, 0.3) is 10.9 Å². The van der Waals surface area contributed by atoms with Crippen molar-refractivity contribution in [2.45, 2.75) is 31.3 Å². The molecule has 2 aliphatic heterocycles. The van der Waals surface area contributed by atoms with Gasteiger partial charge in [-0.2, -0.15) is 0 Å². The van der Waals surface area contributed by atoms with Crippen LogP contribution in [0, 0.1) is 12.7 Å². The molecule has 0 saturated carbocycles. The van der Waals surface area contributed by atoms with Gasteiger partial charge in [0.05, 0.1) is 37.2 Å². The van der Waals surface area contributed by atoms with E-state index in [-0.39, 0.29) is 24.1 Å². The maximum absolute atomic E-state index is 14.3. The van der Waals surface area contributed by atoms with E-state index in [1.165, 1.54) is 31.8 Å². The van der Waals surface area contributed by atoms with Crippen LogP contribution in [0.15, 0.2) is 30.6 Å². The lowest BCUT2D eigenvalue weighted by Crippen LogP contribution is -2.35. The molecule has 10 nitrogen and oxygen atoms in total. The van der Waals surface area contributed by atoms with E-state index in [0.29, 0.717) is 47.1 Å². The first-order valence-corrected chi connectivity index (χ1v) is 13.7. The van der Waals surface area contributed by atoms with E-state index >= 15 is 0 Å². The number of rotatable bonds is 8. The first-order chi connectivity index (χ1) is 17.7. The normalized spacial score (nSPS) is 24.5. The van der Waals surface area contributed by atoms with Crippen LogP contribution in [0.5, 0.6) is 11.5 Å². The molecule has 3 aromatic rings. The van der Waals surface area contributed by atoms with Gasteiger partial charge in [0.2, 0.25) is 0 Å². The highest BCUT2D eigenvalue weighted by molar-refractivity contribution is 8.00. The molecule has 0 amide bonds. The van der Waals surface area contributed by atoms with Crippen molar-refractivity contribution in [3.63, 3.8) is 0 Å². The third-order valence-corrected chi connectivity index (χ3v) is 7.04. The summed E-state index contributed by atoms with van der Waals surface area (Å²) in [6.07, 6.45) is 1.75. The lowest BCUT2D eigenvalue weighted by Gasteiger charge is -2.21. The van der Waals surface area contributed by atoms with Crippen molar-refractivity contribution in [3.05, 3.63) is 42.0 Å². The van der Waals surface area contributed by atoms with Gasteiger partial charge in [-0.1, -0.05) is 0 Å². The van der Waals surface area contributed by atoms with Crippen molar-refractivity contribution in [3.8, 4) is 11.5 Å². The van der Waals surface area contributed by atoms with Crippen LogP contribution in [0.4, 0.5) is 21.6 Å². The van der Waals surface area contributed by atoms with Gasteiger partial charge in [-0.25, -0.2) is 18.6 Å². The summed E-state index contributed by atoms with van der Waals surface area (Å²) in [5.41, 5.74) is 2.31. The molecule has 198 valence electrons. The van der Waals surface area contributed by atoms with Gasteiger partial charge in [0.1, 0.15) is 47.8 Å². The zero-order chi connectivity index (χ0) is 26.3. The first-order valence-electron chi connectivity index (χ1n) is 11.6. The fraction of sp³-hybridized carbons (Fsp3) is 0.400. The molecule has 5 rings (SSSR count). The summed E-state index contributed by atoms with van der Waals surface area (Å²) in [7, 11) is 0.586. The molecule has 12 heteroatoms. The van der Waals surface area contributed by atoms with E-state index in [2.05, 4.69) is 25.9 Å². The van der Waals surface area contributed by atoms with Crippen LogP contribution in [-0.2, 0) is 23.9 Å². The average Bonchev–Trinajstić information content (AvgIpc) is 3.42. The Kier molecular flexibility index (Phi) is 6.84. The Bertz CT molecular complexity index is 1440. The number of aromatic nitrogens is 2. The van der Waals surface area contributed by atoms with Crippen molar-refractivity contribution in [1.29, 1.82) is 0 Å². The zero-order valence-corrected chi connectivity index (χ0v) is 21.8. The quantitative estimate of drug-likeness (QED) is 0.423. The molecule has 2 saturated heterocycles. The van der Waals surface area contributed by atoms with Gasteiger partial charge in [-0.15, -0.1) is 0 Å². The van der Waals surface area contributed by atoms with Crippen LogP contribution >= 0.6 is 0 Å². The first kappa shape index (κ1) is 25.5. The summed E-state index contributed by atoms with van der Waals surface area (Å²) in [5.74, 6) is 4.45. The molecule has 2 N–H and O–H groups in total. The lowest BCUT2D eigenvalue weighted by atomic mass is 10.1. The highest BCUT2D eigenvalue weighted by Gasteiger charge is 2.49. The Labute approximate surface area is 214 Å². The van der Waals surface area contributed by atoms with Gasteiger partial charge in [0.25, 0.3) is 0 Å². The minimum atomic E-state index is -2.56. The summed E-state index contributed by atoms with van der Waals surface area (Å²) in [5, 5.41) is 3.94. The van der Waals surface area contributed by atoms with Gasteiger partial charge < -0.3 is 33.7 Å². The number of anilines is 3.